The SMILES string of the molecule is O=C(F)c1c[nH]c2cccc(CCS(=O)(=O)N3CCC4(CC3)N=C(C3CCCCC3)NC4=O)c12. The van der Waals surface area contributed by atoms with E-state index in [1.807, 2.05) is 0 Å². The summed E-state index contributed by atoms with van der Waals surface area (Å²) >= 11 is 0. The number of amides is 1. The summed E-state index contributed by atoms with van der Waals surface area (Å²) in [6.45, 7) is 0.472. The van der Waals surface area contributed by atoms with Gasteiger partial charge in [-0.25, -0.2) is 12.7 Å². The van der Waals surface area contributed by atoms with Crippen molar-refractivity contribution in [1.29, 1.82) is 0 Å². The van der Waals surface area contributed by atoms with Crippen molar-refractivity contribution in [2.24, 2.45) is 10.9 Å². The van der Waals surface area contributed by atoms with E-state index in [0.717, 1.165) is 31.5 Å². The molecule has 10 heteroatoms. The predicted molar refractivity (Wildman–Crippen MR) is 127 cm³/mol. The number of aromatic amines is 1. The second-order valence-electron chi connectivity index (χ2n) is 9.60. The Morgan fingerprint density at radius 3 is 2.62 bits per heavy atom. The summed E-state index contributed by atoms with van der Waals surface area (Å²) < 4.78 is 41.0. The monoisotopic (exact) mass is 488 g/mol. The third-order valence-corrected chi connectivity index (χ3v) is 9.44. The predicted octanol–water partition coefficient (Wildman–Crippen LogP) is 3.09. The summed E-state index contributed by atoms with van der Waals surface area (Å²) in [5.41, 5.74) is 0.261. The number of piperidine rings is 1. The molecule has 1 amide bonds. The van der Waals surface area contributed by atoms with Gasteiger partial charge in [0.2, 0.25) is 10.0 Å². The molecule has 1 spiro atoms. The number of halogens is 1. The number of nitrogens with one attached hydrogen (secondary N) is 2. The smallest absolute Gasteiger partial charge is 0.334 e. The van der Waals surface area contributed by atoms with Crippen LogP contribution in [0, 0.1) is 5.92 Å². The summed E-state index contributed by atoms with van der Waals surface area (Å²) in [5.74, 6) is 0.829. The molecule has 1 saturated carbocycles. The third-order valence-electron chi connectivity index (χ3n) is 7.57. The second-order valence-corrected chi connectivity index (χ2v) is 11.7. The molecule has 2 fully saturated rings. The lowest BCUT2D eigenvalue weighted by Crippen LogP contribution is -2.51. The lowest BCUT2D eigenvalue weighted by molar-refractivity contribution is -0.125. The average molecular weight is 489 g/mol. The van der Waals surface area contributed by atoms with Crippen LogP contribution in [0.4, 0.5) is 4.39 Å². The molecule has 1 saturated heterocycles. The molecule has 0 radical (unpaired) electrons. The van der Waals surface area contributed by atoms with Gasteiger partial charge in [0.1, 0.15) is 11.4 Å². The second kappa shape index (κ2) is 8.88. The Balaban J connectivity index is 1.26. The first-order valence-corrected chi connectivity index (χ1v) is 13.6. The van der Waals surface area contributed by atoms with Crippen molar-refractivity contribution in [3.8, 4) is 0 Å². The van der Waals surface area contributed by atoms with Crippen LogP contribution >= 0.6 is 0 Å². The molecule has 5 rings (SSSR count). The highest BCUT2D eigenvalue weighted by molar-refractivity contribution is 7.89. The highest BCUT2D eigenvalue weighted by atomic mass is 32.2. The van der Waals surface area contributed by atoms with Crippen LogP contribution in [0.2, 0.25) is 0 Å². The molecular formula is C24H29FN4O4S. The van der Waals surface area contributed by atoms with Gasteiger partial charge in [-0.05, 0) is 43.7 Å². The highest BCUT2D eigenvalue weighted by Crippen LogP contribution is 2.35. The van der Waals surface area contributed by atoms with E-state index in [-0.39, 0.29) is 36.7 Å². The van der Waals surface area contributed by atoms with Crippen LogP contribution in [0.25, 0.3) is 10.9 Å². The summed E-state index contributed by atoms with van der Waals surface area (Å²) in [4.78, 5) is 31.8. The Bertz CT molecular complexity index is 1250. The molecule has 1 aromatic heterocycles. The van der Waals surface area contributed by atoms with Crippen LogP contribution in [-0.2, 0) is 21.2 Å². The topological polar surface area (TPSA) is 112 Å². The van der Waals surface area contributed by atoms with Gasteiger partial charge in [-0.2, -0.15) is 4.39 Å². The quantitative estimate of drug-likeness (QED) is 0.609. The van der Waals surface area contributed by atoms with Crippen LogP contribution in [0.1, 0.15) is 60.9 Å². The maximum absolute atomic E-state index is 13.4. The summed E-state index contributed by atoms with van der Waals surface area (Å²) in [6, 6.07) is 3.64. The molecule has 34 heavy (non-hydrogen) atoms. The molecule has 8 nitrogen and oxygen atoms in total. The number of rotatable bonds is 6. The van der Waals surface area contributed by atoms with Crippen molar-refractivity contribution in [2.75, 3.05) is 18.8 Å². The molecule has 1 aromatic carbocycles. The van der Waals surface area contributed by atoms with E-state index in [1.54, 1.807) is 18.2 Å². The van der Waals surface area contributed by atoms with E-state index < -0.39 is 21.6 Å². The first kappa shape index (κ1) is 23.2. The number of aliphatic imine (C=N–C) groups is 1. The fraction of sp³-hybridized carbons (Fsp3) is 0.542. The minimum Gasteiger partial charge on any atom is -0.360 e. The number of aromatic nitrogens is 1. The Morgan fingerprint density at radius 1 is 1.18 bits per heavy atom. The first-order chi connectivity index (χ1) is 16.3. The number of aryl methyl sites for hydroxylation is 1. The van der Waals surface area contributed by atoms with Crippen LogP contribution in [0.5, 0.6) is 0 Å². The van der Waals surface area contributed by atoms with Gasteiger partial charge in [-0.1, -0.05) is 31.4 Å². The molecule has 0 atom stereocenters. The number of amidine groups is 1. The van der Waals surface area contributed by atoms with Crippen LogP contribution in [-0.4, -0.2) is 59.9 Å². The molecule has 0 bridgehead atoms. The Labute approximate surface area is 198 Å². The summed E-state index contributed by atoms with van der Waals surface area (Å²) in [6.07, 6.45) is 7.79. The molecule has 3 heterocycles. The normalized spacial score (nSPS) is 21.7. The van der Waals surface area contributed by atoms with Gasteiger partial charge in [0.25, 0.3) is 5.91 Å². The molecule has 182 valence electrons. The fourth-order valence-corrected chi connectivity index (χ4v) is 7.05. The Morgan fingerprint density at radius 2 is 1.91 bits per heavy atom. The van der Waals surface area contributed by atoms with E-state index in [2.05, 4.69) is 10.3 Å². The van der Waals surface area contributed by atoms with Gasteiger partial charge in [-0.15, -0.1) is 0 Å². The highest BCUT2D eigenvalue weighted by Gasteiger charge is 2.48. The molecule has 3 aliphatic rings. The fourth-order valence-electron chi connectivity index (χ4n) is 5.58. The number of fused-ring (bicyclic) bond motifs is 1. The zero-order valence-electron chi connectivity index (χ0n) is 19.0. The third kappa shape index (κ3) is 4.17. The maximum atomic E-state index is 13.4. The van der Waals surface area contributed by atoms with Crippen molar-refractivity contribution in [3.63, 3.8) is 0 Å². The molecule has 2 aromatic rings. The number of benzene rings is 1. The number of hydrogen-bond donors (Lipinski definition) is 2. The van der Waals surface area contributed by atoms with Crippen molar-refractivity contribution in [2.45, 2.75) is 56.9 Å². The zero-order chi connectivity index (χ0) is 23.9. The van der Waals surface area contributed by atoms with E-state index in [0.29, 0.717) is 35.2 Å². The van der Waals surface area contributed by atoms with Crippen molar-refractivity contribution in [1.82, 2.24) is 14.6 Å². The number of H-pyrrole nitrogens is 1. The Kier molecular flexibility index (Phi) is 6.05. The lowest BCUT2D eigenvalue weighted by atomic mass is 9.88. The molecule has 2 N–H and O–H groups in total. The minimum atomic E-state index is -3.60. The van der Waals surface area contributed by atoms with E-state index in [1.165, 1.54) is 16.9 Å². The van der Waals surface area contributed by atoms with Crippen LogP contribution in [0.15, 0.2) is 29.4 Å². The van der Waals surface area contributed by atoms with Gasteiger partial charge in [0.15, 0.2) is 0 Å². The largest absolute Gasteiger partial charge is 0.360 e. The number of carbonyl (C=O) groups excluding carboxylic acids is 2. The number of nitrogens with zero attached hydrogens (tertiary/aromatic N) is 2. The van der Waals surface area contributed by atoms with E-state index in [9.17, 15) is 22.4 Å². The summed E-state index contributed by atoms with van der Waals surface area (Å²) in [7, 11) is -3.60. The molecular weight excluding hydrogens is 459 g/mol. The van der Waals surface area contributed by atoms with Crippen LogP contribution in [0.3, 0.4) is 0 Å². The van der Waals surface area contributed by atoms with Gasteiger partial charge in [0, 0.05) is 36.1 Å². The summed E-state index contributed by atoms with van der Waals surface area (Å²) in [5, 5.41) is 3.42. The standard InChI is InChI=1S/C24H29FN4O4S/c25-21(30)18-15-26-19-8-4-7-16(20(18)19)9-14-34(32,33)29-12-10-24(11-13-29)23(31)27-22(28-24)17-5-2-1-3-6-17/h4,7-8,15,17,26H,1-3,5-6,9-14H2,(H,27,28,31). The van der Waals surface area contributed by atoms with Crippen molar-refractivity contribution < 1.29 is 22.4 Å². The number of sulfonamides is 1. The molecule has 1 aliphatic carbocycles. The Hall–Kier alpha value is -2.59. The molecule has 2 aliphatic heterocycles. The van der Waals surface area contributed by atoms with Crippen molar-refractivity contribution >= 4 is 38.7 Å². The first-order valence-electron chi connectivity index (χ1n) is 12.0. The van der Waals surface area contributed by atoms with Crippen molar-refractivity contribution in [3.05, 3.63) is 35.5 Å². The zero-order valence-corrected chi connectivity index (χ0v) is 19.8. The van der Waals surface area contributed by atoms with E-state index >= 15 is 0 Å². The van der Waals surface area contributed by atoms with Gasteiger partial charge in [0.05, 0.1) is 11.3 Å². The minimum absolute atomic E-state index is 0.0817. The van der Waals surface area contributed by atoms with E-state index in [4.69, 9.17) is 4.99 Å². The average Bonchev–Trinajstić information content (AvgIpc) is 3.41. The lowest BCUT2D eigenvalue weighted by Gasteiger charge is -2.34. The maximum Gasteiger partial charge on any atom is 0.334 e. The van der Waals surface area contributed by atoms with Crippen LogP contribution < -0.4 is 5.32 Å². The van der Waals surface area contributed by atoms with Gasteiger partial charge < -0.3 is 10.3 Å². The molecule has 0 unspecified atom stereocenters. The van der Waals surface area contributed by atoms with Gasteiger partial charge in [-0.3, -0.25) is 14.6 Å². The number of hydrogen-bond acceptors (Lipinski definition) is 5. The van der Waals surface area contributed by atoms with Gasteiger partial charge >= 0.3 is 6.04 Å². The number of carbonyl (C=O) groups is 2.